The van der Waals surface area contributed by atoms with Gasteiger partial charge in [0.1, 0.15) is 0 Å². The topological polar surface area (TPSA) is 83.5 Å². The first kappa shape index (κ1) is 20.0. The Kier molecular flexibility index (Phi) is 7.23. The van der Waals surface area contributed by atoms with Gasteiger partial charge < -0.3 is 4.90 Å². The SMILES string of the molecule is CN(CCc1ccncc1)C(=O)CCN(Cc1cccnc1)S(C)(=O)=O. The van der Waals surface area contributed by atoms with Gasteiger partial charge in [-0.15, -0.1) is 0 Å². The van der Waals surface area contributed by atoms with Gasteiger partial charge in [-0.05, 0) is 35.7 Å². The largest absolute Gasteiger partial charge is 0.345 e. The van der Waals surface area contributed by atoms with Gasteiger partial charge in [0.05, 0.1) is 6.26 Å². The molecule has 2 aromatic heterocycles. The number of pyridine rings is 2. The maximum atomic E-state index is 12.3. The molecule has 0 aliphatic rings. The number of amides is 1. The summed E-state index contributed by atoms with van der Waals surface area (Å²) in [6.45, 7) is 0.928. The molecule has 0 bridgehead atoms. The van der Waals surface area contributed by atoms with Gasteiger partial charge >= 0.3 is 0 Å². The van der Waals surface area contributed by atoms with Crippen molar-refractivity contribution < 1.29 is 13.2 Å². The molecule has 140 valence electrons. The number of nitrogens with zero attached hydrogens (tertiary/aromatic N) is 4. The molecule has 0 fully saturated rings. The summed E-state index contributed by atoms with van der Waals surface area (Å²) in [5.41, 5.74) is 1.89. The van der Waals surface area contributed by atoms with Gasteiger partial charge in [0.2, 0.25) is 15.9 Å². The van der Waals surface area contributed by atoms with E-state index in [0.717, 1.165) is 23.8 Å². The van der Waals surface area contributed by atoms with Gasteiger partial charge in [-0.1, -0.05) is 6.07 Å². The van der Waals surface area contributed by atoms with Gasteiger partial charge in [-0.2, -0.15) is 4.31 Å². The van der Waals surface area contributed by atoms with E-state index in [1.165, 1.54) is 4.31 Å². The van der Waals surface area contributed by atoms with Crippen LogP contribution in [-0.4, -0.2) is 59.9 Å². The number of hydrogen-bond donors (Lipinski definition) is 0. The summed E-state index contributed by atoms with van der Waals surface area (Å²) < 4.78 is 25.3. The van der Waals surface area contributed by atoms with Gasteiger partial charge in [0.15, 0.2) is 0 Å². The van der Waals surface area contributed by atoms with Crippen molar-refractivity contribution in [3.05, 3.63) is 60.2 Å². The maximum absolute atomic E-state index is 12.3. The Bertz CT molecular complexity index is 798. The van der Waals surface area contributed by atoms with E-state index in [0.29, 0.717) is 6.54 Å². The number of rotatable bonds is 9. The van der Waals surface area contributed by atoms with Crippen molar-refractivity contribution in [1.29, 1.82) is 0 Å². The van der Waals surface area contributed by atoms with Crippen LogP contribution in [0.2, 0.25) is 0 Å². The van der Waals surface area contributed by atoms with E-state index in [1.54, 1.807) is 42.8 Å². The highest BCUT2D eigenvalue weighted by atomic mass is 32.2. The molecule has 8 heteroatoms. The monoisotopic (exact) mass is 376 g/mol. The molecule has 0 aromatic carbocycles. The summed E-state index contributed by atoms with van der Waals surface area (Å²) >= 11 is 0. The Morgan fingerprint density at radius 1 is 1.04 bits per heavy atom. The predicted molar refractivity (Wildman–Crippen MR) is 99.7 cm³/mol. The second-order valence-electron chi connectivity index (χ2n) is 6.13. The first-order valence-electron chi connectivity index (χ1n) is 8.33. The van der Waals surface area contributed by atoms with E-state index in [-0.39, 0.29) is 25.4 Å². The van der Waals surface area contributed by atoms with Gasteiger partial charge in [-0.25, -0.2) is 8.42 Å². The van der Waals surface area contributed by atoms with E-state index < -0.39 is 10.0 Å². The second kappa shape index (κ2) is 9.40. The summed E-state index contributed by atoms with van der Waals surface area (Å²) in [7, 11) is -1.68. The lowest BCUT2D eigenvalue weighted by atomic mass is 10.2. The molecule has 0 unspecified atom stereocenters. The fraction of sp³-hybridized carbons (Fsp3) is 0.389. The van der Waals surface area contributed by atoms with Crippen LogP contribution in [0.25, 0.3) is 0 Å². The van der Waals surface area contributed by atoms with Gasteiger partial charge in [0, 0.05) is 57.9 Å². The normalized spacial score (nSPS) is 11.5. The first-order valence-corrected chi connectivity index (χ1v) is 10.2. The summed E-state index contributed by atoms with van der Waals surface area (Å²) in [5, 5.41) is 0. The molecule has 0 saturated carbocycles. The summed E-state index contributed by atoms with van der Waals surface area (Å²) in [6.07, 6.45) is 8.73. The van der Waals surface area contributed by atoms with Crippen LogP contribution in [0.5, 0.6) is 0 Å². The molecular formula is C18H24N4O3S. The Balaban J connectivity index is 1.87. The van der Waals surface area contributed by atoms with E-state index in [2.05, 4.69) is 9.97 Å². The minimum Gasteiger partial charge on any atom is -0.345 e. The van der Waals surface area contributed by atoms with E-state index in [1.807, 2.05) is 18.2 Å². The van der Waals surface area contributed by atoms with E-state index >= 15 is 0 Å². The van der Waals surface area contributed by atoms with Gasteiger partial charge in [-0.3, -0.25) is 14.8 Å². The number of likely N-dealkylation sites (N-methyl/N-ethyl adjacent to an activating group) is 1. The Morgan fingerprint density at radius 2 is 1.77 bits per heavy atom. The molecule has 0 aliphatic heterocycles. The maximum Gasteiger partial charge on any atom is 0.223 e. The molecule has 0 aliphatic carbocycles. The standard InChI is InChI=1S/C18H24N4O3S/c1-21(12-7-16-5-10-19-11-6-16)18(23)8-13-22(26(2,24)25)15-17-4-3-9-20-14-17/h3-6,9-11,14H,7-8,12-13,15H2,1-2H3. The van der Waals surface area contributed by atoms with Crippen LogP contribution in [0, 0.1) is 0 Å². The zero-order valence-electron chi connectivity index (χ0n) is 15.1. The Morgan fingerprint density at radius 3 is 2.38 bits per heavy atom. The number of carbonyl (C=O) groups is 1. The van der Waals surface area contributed by atoms with Crippen LogP contribution >= 0.6 is 0 Å². The second-order valence-corrected chi connectivity index (χ2v) is 8.11. The highest BCUT2D eigenvalue weighted by Crippen LogP contribution is 2.09. The third-order valence-corrected chi connectivity index (χ3v) is 5.29. The lowest BCUT2D eigenvalue weighted by molar-refractivity contribution is -0.130. The van der Waals surface area contributed by atoms with Gasteiger partial charge in [0.25, 0.3) is 0 Å². The molecule has 0 saturated heterocycles. The average molecular weight is 376 g/mol. The molecule has 2 aromatic rings. The van der Waals surface area contributed by atoms with E-state index in [4.69, 9.17) is 0 Å². The third kappa shape index (κ3) is 6.53. The molecule has 0 radical (unpaired) electrons. The van der Waals surface area contributed by atoms with Crippen LogP contribution in [0.1, 0.15) is 17.5 Å². The molecule has 7 nitrogen and oxygen atoms in total. The number of carbonyl (C=O) groups excluding carboxylic acids is 1. The third-order valence-electron chi connectivity index (χ3n) is 4.04. The van der Waals surface area contributed by atoms with Crippen LogP contribution in [0.4, 0.5) is 0 Å². The fourth-order valence-electron chi connectivity index (χ4n) is 2.44. The highest BCUT2D eigenvalue weighted by molar-refractivity contribution is 7.88. The molecular weight excluding hydrogens is 352 g/mol. The molecule has 26 heavy (non-hydrogen) atoms. The van der Waals surface area contributed by atoms with Crippen LogP contribution in [0.3, 0.4) is 0 Å². The van der Waals surface area contributed by atoms with Crippen LogP contribution in [0.15, 0.2) is 49.1 Å². The minimum atomic E-state index is -3.41. The average Bonchev–Trinajstić information content (AvgIpc) is 2.63. The Hall–Kier alpha value is -2.32. The molecule has 0 N–H and O–H groups in total. The lowest BCUT2D eigenvalue weighted by Gasteiger charge is -2.22. The summed E-state index contributed by atoms with van der Waals surface area (Å²) in [4.78, 5) is 21.9. The van der Waals surface area contributed by atoms with Crippen molar-refractivity contribution >= 4 is 15.9 Å². The highest BCUT2D eigenvalue weighted by Gasteiger charge is 2.19. The molecule has 1 amide bonds. The predicted octanol–water partition coefficient (Wildman–Crippen LogP) is 1.33. The zero-order valence-corrected chi connectivity index (χ0v) is 15.9. The minimum absolute atomic E-state index is 0.0844. The molecule has 0 atom stereocenters. The summed E-state index contributed by atoms with van der Waals surface area (Å²) in [5.74, 6) is -0.0844. The summed E-state index contributed by atoms with van der Waals surface area (Å²) in [6, 6.07) is 7.40. The Labute approximate surface area is 154 Å². The lowest BCUT2D eigenvalue weighted by Crippen LogP contribution is -2.35. The van der Waals surface area contributed by atoms with Crippen molar-refractivity contribution in [2.75, 3.05) is 26.4 Å². The van der Waals surface area contributed by atoms with Crippen molar-refractivity contribution in [2.45, 2.75) is 19.4 Å². The molecule has 0 spiro atoms. The molecule has 2 heterocycles. The van der Waals surface area contributed by atoms with Crippen molar-refractivity contribution in [3.8, 4) is 0 Å². The number of aromatic nitrogens is 2. The molecule has 2 rings (SSSR count). The van der Waals surface area contributed by atoms with Crippen LogP contribution < -0.4 is 0 Å². The van der Waals surface area contributed by atoms with Crippen molar-refractivity contribution in [3.63, 3.8) is 0 Å². The smallest absolute Gasteiger partial charge is 0.223 e. The fourth-order valence-corrected chi connectivity index (χ4v) is 3.25. The number of sulfonamides is 1. The van der Waals surface area contributed by atoms with Crippen molar-refractivity contribution in [2.24, 2.45) is 0 Å². The van der Waals surface area contributed by atoms with Crippen molar-refractivity contribution in [1.82, 2.24) is 19.2 Å². The first-order chi connectivity index (χ1) is 12.4. The quantitative estimate of drug-likeness (QED) is 0.659. The number of hydrogen-bond acceptors (Lipinski definition) is 5. The van der Waals surface area contributed by atoms with E-state index in [9.17, 15) is 13.2 Å². The zero-order chi connectivity index (χ0) is 19.0. The van der Waals surface area contributed by atoms with Crippen LogP contribution in [-0.2, 0) is 27.8 Å².